The normalized spacial score (nSPS) is 27.8. The van der Waals surface area contributed by atoms with Gasteiger partial charge in [-0.3, -0.25) is 4.90 Å². The van der Waals surface area contributed by atoms with Crippen molar-refractivity contribution in [1.82, 2.24) is 4.90 Å². The molecule has 0 aromatic carbocycles. The fourth-order valence-electron chi connectivity index (χ4n) is 2.25. The number of nitrogens with zero attached hydrogens (tertiary/aromatic N) is 1. The average Bonchev–Trinajstić information content (AvgIpc) is 2.53. The molecule has 1 aliphatic heterocycles. The standard InChI is InChI=1S/C12H26N2O/c1-10(2)9-15-7-6-14-5-4-11(3)12(14)8-13/h10-12H,4-9,13H2,1-3H3. The van der Waals surface area contributed by atoms with Crippen molar-refractivity contribution < 1.29 is 4.74 Å². The zero-order valence-corrected chi connectivity index (χ0v) is 10.4. The molecule has 0 saturated carbocycles. The van der Waals surface area contributed by atoms with Gasteiger partial charge in [0.15, 0.2) is 0 Å². The van der Waals surface area contributed by atoms with E-state index in [1.165, 1.54) is 13.0 Å². The molecule has 1 rings (SSSR count). The van der Waals surface area contributed by atoms with E-state index in [9.17, 15) is 0 Å². The second kappa shape index (κ2) is 6.46. The summed E-state index contributed by atoms with van der Waals surface area (Å²) in [4.78, 5) is 2.48. The van der Waals surface area contributed by atoms with Gasteiger partial charge < -0.3 is 10.5 Å². The summed E-state index contributed by atoms with van der Waals surface area (Å²) < 4.78 is 5.60. The molecule has 0 bridgehead atoms. The third kappa shape index (κ3) is 4.09. The first-order valence-corrected chi connectivity index (χ1v) is 6.17. The van der Waals surface area contributed by atoms with Crippen LogP contribution in [0.25, 0.3) is 0 Å². The summed E-state index contributed by atoms with van der Waals surface area (Å²) in [5.74, 6) is 1.38. The predicted molar refractivity (Wildman–Crippen MR) is 63.9 cm³/mol. The molecular weight excluding hydrogens is 188 g/mol. The minimum absolute atomic E-state index is 0.577. The molecule has 2 N–H and O–H groups in total. The Balaban J connectivity index is 2.15. The van der Waals surface area contributed by atoms with Gasteiger partial charge in [-0.2, -0.15) is 0 Å². The van der Waals surface area contributed by atoms with Crippen molar-refractivity contribution in [1.29, 1.82) is 0 Å². The van der Waals surface area contributed by atoms with Crippen LogP contribution in [0, 0.1) is 11.8 Å². The van der Waals surface area contributed by atoms with Crippen LogP contribution in [0.3, 0.4) is 0 Å². The maximum atomic E-state index is 5.78. The van der Waals surface area contributed by atoms with Gasteiger partial charge in [-0.15, -0.1) is 0 Å². The molecular formula is C12H26N2O. The van der Waals surface area contributed by atoms with Crippen molar-refractivity contribution in [3.63, 3.8) is 0 Å². The Bertz CT molecular complexity index is 173. The monoisotopic (exact) mass is 214 g/mol. The smallest absolute Gasteiger partial charge is 0.0593 e. The first kappa shape index (κ1) is 12.9. The van der Waals surface area contributed by atoms with Gasteiger partial charge in [0.2, 0.25) is 0 Å². The van der Waals surface area contributed by atoms with Crippen LogP contribution in [-0.2, 0) is 4.74 Å². The Hall–Kier alpha value is -0.120. The molecule has 1 aliphatic rings. The van der Waals surface area contributed by atoms with Crippen molar-refractivity contribution in [3.8, 4) is 0 Å². The summed E-state index contributed by atoms with van der Waals surface area (Å²) in [7, 11) is 0. The minimum Gasteiger partial charge on any atom is -0.380 e. The Morgan fingerprint density at radius 1 is 1.47 bits per heavy atom. The first-order chi connectivity index (χ1) is 7.15. The van der Waals surface area contributed by atoms with Gasteiger partial charge in [-0.25, -0.2) is 0 Å². The van der Waals surface area contributed by atoms with E-state index in [1.54, 1.807) is 0 Å². The summed E-state index contributed by atoms with van der Waals surface area (Å²) in [6, 6.07) is 0.577. The highest BCUT2D eigenvalue weighted by Gasteiger charge is 2.29. The zero-order valence-electron chi connectivity index (χ0n) is 10.4. The lowest BCUT2D eigenvalue weighted by molar-refractivity contribution is 0.0806. The van der Waals surface area contributed by atoms with Crippen LogP contribution < -0.4 is 5.73 Å². The number of rotatable bonds is 6. The Labute approximate surface area is 94.0 Å². The number of hydrogen-bond acceptors (Lipinski definition) is 3. The summed E-state index contributed by atoms with van der Waals surface area (Å²) in [6.45, 7) is 11.4. The second-order valence-corrected chi connectivity index (χ2v) is 5.07. The van der Waals surface area contributed by atoms with E-state index in [4.69, 9.17) is 10.5 Å². The second-order valence-electron chi connectivity index (χ2n) is 5.07. The lowest BCUT2D eigenvalue weighted by Crippen LogP contribution is -2.40. The van der Waals surface area contributed by atoms with E-state index in [0.717, 1.165) is 32.2 Å². The third-order valence-corrected chi connectivity index (χ3v) is 3.21. The fourth-order valence-corrected chi connectivity index (χ4v) is 2.25. The average molecular weight is 214 g/mol. The van der Waals surface area contributed by atoms with Crippen LogP contribution in [0.2, 0.25) is 0 Å². The van der Waals surface area contributed by atoms with Gasteiger partial charge >= 0.3 is 0 Å². The van der Waals surface area contributed by atoms with Gasteiger partial charge in [0.25, 0.3) is 0 Å². The van der Waals surface area contributed by atoms with Gasteiger partial charge in [0, 0.05) is 25.7 Å². The van der Waals surface area contributed by atoms with Crippen LogP contribution in [0.5, 0.6) is 0 Å². The van der Waals surface area contributed by atoms with Gasteiger partial charge in [0.1, 0.15) is 0 Å². The highest BCUT2D eigenvalue weighted by molar-refractivity contribution is 4.84. The van der Waals surface area contributed by atoms with Gasteiger partial charge in [-0.1, -0.05) is 20.8 Å². The summed E-state index contributed by atoms with van der Waals surface area (Å²) in [5.41, 5.74) is 5.78. The fraction of sp³-hybridized carbons (Fsp3) is 1.00. The van der Waals surface area contributed by atoms with Crippen molar-refractivity contribution in [2.24, 2.45) is 17.6 Å². The lowest BCUT2D eigenvalue weighted by atomic mass is 10.0. The molecule has 0 aromatic heterocycles. The van der Waals surface area contributed by atoms with Crippen molar-refractivity contribution in [2.75, 3.05) is 32.8 Å². The molecule has 3 heteroatoms. The zero-order chi connectivity index (χ0) is 11.3. The number of ether oxygens (including phenoxy) is 1. The molecule has 15 heavy (non-hydrogen) atoms. The van der Waals surface area contributed by atoms with Gasteiger partial charge in [0.05, 0.1) is 6.61 Å². The maximum Gasteiger partial charge on any atom is 0.0593 e. The third-order valence-electron chi connectivity index (χ3n) is 3.21. The quantitative estimate of drug-likeness (QED) is 0.678. The number of nitrogens with two attached hydrogens (primary N) is 1. The largest absolute Gasteiger partial charge is 0.380 e. The highest BCUT2D eigenvalue weighted by Crippen LogP contribution is 2.22. The maximum absolute atomic E-state index is 5.78. The van der Waals surface area contributed by atoms with E-state index in [2.05, 4.69) is 25.7 Å². The van der Waals surface area contributed by atoms with Crippen molar-refractivity contribution >= 4 is 0 Å². The summed E-state index contributed by atoms with van der Waals surface area (Å²) in [6.07, 6.45) is 1.28. The topological polar surface area (TPSA) is 38.5 Å². The highest BCUT2D eigenvalue weighted by atomic mass is 16.5. The Morgan fingerprint density at radius 2 is 2.20 bits per heavy atom. The molecule has 1 fully saturated rings. The summed E-state index contributed by atoms with van der Waals surface area (Å²) in [5, 5.41) is 0. The number of hydrogen-bond donors (Lipinski definition) is 1. The Kier molecular flexibility index (Phi) is 5.58. The molecule has 90 valence electrons. The van der Waals surface area contributed by atoms with Crippen LogP contribution in [0.1, 0.15) is 27.2 Å². The molecule has 3 nitrogen and oxygen atoms in total. The van der Waals surface area contributed by atoms with E-state index < -0.39 is 0 Å². The molecule has 2 atom stereocenters. The molecule has 0 spiro atoms. The molecule has 1 heterocycles. The molecule has 1 saturated heterocycles. The van der Waals surface area contributed by atoms with Crippen LogP contribution in [0.4, 0.5) is 0 Å². The van der Waals surface area contributed by atoms with E-state index in [1.807, 2.05) is 0 Å². The molecule has 0 radical (unpaired) electrons. The van der Waals surface area contributed by atoms with Crippen molar-refractivity contribution in [2.45, 2.75) is 33.2 Å². The van der Waals surface area contributed by atoms with Crippen LogP contribution in [0.15, 0.2) is 0 Å². The molecule has 0 aliphatic carbocycles. The Morgan fingerprint density at radius 3 is 2.80 bits per heavy atom. The van der Waals surface area contributed by atoms with Crippen LogP contribution >= 0.6 is 0 Å². The lowest BCUT2D eigenvalue weighted by Gasteiger charge is -2.25. The molecule has 2 unspecified atom stereocenters. The van der Waals surface area contributed by atoms with Crippen molar-refractivity contribution in [3.05, 3.63) is 0 Å². The number of likely N-dealkylation sites (tertiary alicyclic amines) is 1. The molecule has 0 aromatic rings. The predicted octanol–water partition coefficient (Wildman–Crippen LogP) is 1.33. The first-order valence-electron chi connectivity index (χ1n) is 6.17. The van der Waals surface area contributed by atoms with E-state index in [0.29, 0.717) is 12.0 Å². The minimum atomic E-state index is 0.577. The van der Waals surface area contributed by atoms with E-state index >= 15 is 0 Å². The van der Waals surface area contributed by atoms with Gasteiger partial charge in [-0.05, 0) is 24.8 Å². The summed E-state index contributed by atoms with van der Waals surface area (Å²) >= 11 is 0. The van der Waals surface area contributed by atoms with Crippen LogP contribution in [-0.4, -0.2) is 43.8 Å². The van der Waals surface area contributed by atoms with E-state index in [-0.39, 0.29) is 0 Å². The molecule has 0 amide bonds. The SMILES string of the molecule is CC(C)COCCN1CCC(C)C1CN.